The summed E-state index contributed by atoms with van der Waals surface area (Å²) < 4.78 is 17.6. The molecule has 4 rings (SSSR count). The van der Waals surface area contributed by atoms with Gasteiger partial charge in [0.05, 0.1) is 18.6 Å². The molecule has 0 aromatic rings. The van der Waals surface area contributed by atoms with E-state index in [9.17, 15) is 4.79 Å². The van der Waals surface area contributed by atoms with Gasteiger partial charge in [0, 0.05) is 12.8 Å². The lowest BCUT2D eigenvalue weighted by Crippen LogP contribution is -2.53. The van der Waals surface area contributed by atoms with Crippen LogP contribution in [0.25, 0.3) is 0 Å². The SMILES string of the molecule is C[C@]12CCC(=O)C3OC31CCC21OCCO1. The Labute approximate surface area is 94.2 Å². The van der Waals surface area contributed by atoms with Crippen LogP contribution in [0.2, 0.25) is 0 Å². The van der Waals surface area contributed by atoms with Gasteiger partial charge in [-0.15, -0.1) is 0 Å². The van der Waals surface area contributed by atoms with Gasteiger partial charge < -0.3 is 14.2 Å². The van der Waals surface area contributed by atoms with E-state index in [1.165, 1.54) is 0 Å². The van der Waals surface area contributed by atoms with Crippen LogP contribution in [0, 0.1) is 5.41 Å². The minimum atomic E-state index is -0.470. The third-order valence-corrected chi connectivity index (χ3v) is 5.21. The minimum Gasteiger partial charge on any atom is -0.357 e. The van der Waals surface area contributed by atoms with Crippen molar-refractivity contribution in [1.29, 1.82) is 0 Å². The summed E-state index contributed by atoms with van der Waals surface area (Å²) in [5.74, 6) is -0.199. The van der Waals surface area contributed by atoms with Gasteiger partial charge in [-0.25, -0.2) is 0 Å². The molecule has 0 aromatic carbocycles. The molecule has 16 heavy (non-hydrogen) atoms. The molecule has 2 unspecified atom stereocenters. The molecule has 2 saturated heterocycles. The Morgan fingerprint density at radius 2 is 1.94 bits per heavy atom. The van der Waals surface area contributed by atoms with Gasteiger partial charge in [-0.2, -0.15) is 0 Å². The number of ether oxygens (including phenoxy) is 3. The molecule has 2 heterocycles. The first kappa shape index (κ1) is 9.57. The van der Waals surface area contributed by atoms with Crippen molar-refractivity contribution in [1.82, 2.24) is 0 Å². The van der Waals surface area contributed by atoms with Crippen LogP contribution < -0.4 is 0 Å². The van der Waals surface area contributed by atoms with Crippen LogP contribution in [-0.4, -0.2) is 36.5 Å². The molecule has 0 aromatic heterocycles. The summed E-state index contributed by atoms with van der Waals surface area (Å²) in [6.07, 6.45) is 3.05. The van der Waals surface area contributed by atoms with Crippen molar-refractivity contribution >= 4 is 5.78 Å². The van der Waals surface area contributed by atoms with E-state index in [2.05, 4.69) is 6.92 Å². The molecular weight excluding hydrogens is 208 g/mol. The Kier molecular flexibility index (Phi) is 1.51. The van der Waals surface area contributed by atoms with Gasteiger partial charge in [-0.05, 0) is 12.8 Å². The van der Waals surface area contributed by atoms with E-state index in [1.54, 1.807) is 0 Å². The summed E-state index contributed by atoms with van der Waals surface area (Å²) in [5, 5.41) is 0. The maximum absolute atomic E-state index is 11.7. The summed E-state index contributed by atoms with van der Waals surface area (Å²) in [6, 6.07) is 0. The summed E-state index contributed by atoms with van der Waals surface area (Å²) in [7, 11) is 0. The van der Waals surface area contributed by atoms with Gasteiger partial charge in [0.15, 0.2) is 11.6 Å². The fourth-order valence-electron chi connectivity index (χ4n) is 4.16. The second-order valence-corrected chi connectivity index (χ2v) is 5.64. The molecule has 4 aliphatic rings. The average Bonchev–Trinajstić information content (AvgIpc) is 2.76. The second-order valence-electron chi connectivity index (χ2n) is 5.64. The number of ketones is 1. The second kappa shape index (κ2) is 2.52. The Balaban J connectivity index is 1.79. The third-order valence-electron chi connectivity index (χ3n) is 5.21. The number of hydrogen-bond donors (Lipinski definition) is 0. The van der Waals surface area contributed by atoms with Crippen molar-refractivity contribution in [3.05, 3.63) is 0 Å². The Bertz CT molecular complexity index is 373. The van der Waals surface area contributed by atoms with Crippen LogP contribution in [0.5, 0.6) is 0 Å². The largest absolute Gasteiger partial charge is 0.357 e. The van der Waals surface area contributed by atoms with Crippen LogP contribution in [0.4, 0.5) is 0 Å². The lowest BCUT2D eigenvalue weighted by Gasteiger charge is -2.42. The Morgan fingerprint density at radius 1 is 1.19 bits per heavy atom. The van der Waals surface area contributed by atoms with Gasteiger partial charge in [0.25, 0.3) is 0 Å². The van der Waals surface area contributed by atoms with Gasteiger partial charge in [0.1, 0.15) is 11.7 Å². The van der Waals surface area contributed by atoms with Crippen LogP contribution in [0.15, 0.2) is 0 Å². The number of rotatable bonds is 0. The quantitative estimate of drug-likeness (QED) is 0.577. The van der Waals surface area contributed by atoms with Crippen LogP contribution in [0.3, 0.4) is 0 Å². The average molecular weight is 224 g/mol. The van der Waals surface area contributed by atoms with Crippen molar-refractivity contribution in [2.24, 2.45) is 5.41 Å². The summed E-state index contributed by atoms with van der Waals surface area (Å²) in [4.78, 5) is 11.7. The zero-order valence-corrected chi connectivity index (χ0v) is 9.45. The first-order chi connectivity index (χ1) is 7.64. The first-order valence-electron chi connectivity index (χ1n) is 6.12. The molecular formula is C12H16O4. The zero-order chi connectivity index (χ0) is 11.0. The summed E-state index contributed by atoms with van der Waals surface area (Å²) in [6.45, 7) is 3.52. The normalized spacial score (nSPS) is 52.8. The van der Waals surface area contributed by atoms with Crippen molar-refractivity contribution in [3.63, 3.8) is 0 Å². The van der Waals surface area contributed by atoms with Crippen molar-refractivity contribution in [3.8, 4) is 0 Å². The van der Waals surface area contributed by atoms with E-state index in [0.29, 0.717) is 19.6 Å². The number of carbonyl (C=O) groups is 1. The standard InChI is InChI=1S/C12H16O4/c1-10-3-2-8(13)9-11(10,16-9)4-5-12(10)14-6-7-15-12/h9H,2-7H2,1H3/t9?,10-,11?/m0/s1. The molecule has 2 aliphatic carbocycles. The molecule has 4 heteroatoms. The van der Waals surface area contributed by atoms with Crippen molar-refractivity contribution in [2.45, 2.75) is 50.1 Å². The Morgan fingerprint density at radius 3 is 2.69 bits per heavy atom. The highest BCUT2D eigenvalue weighted by Gasteiger charge is 2.81. The van der Waals surface area contributed by atoms with Crippen LogP contribution >= 0.6 is 0 Å². The topological polar surface area (TPSA) is 48.1 Å². The smallest absolute Gasteiger partial charge is 0.176 e. The number of carbonyl (C=O) groups excluding carboxylic acids is 1. The Hall–Kier alpha value is -0.450. The molecule has 0 bridgehead atoms. The molecule has 3 atom stereocenters. The van der Waals surface area contributed by atoms with E-state index in [1.807, 2.05) is 0 Å². The molecule has 0 N–H and O–H groups in total. The molecule has 88 valence electrons. The molecule has 2 aliphatic heterocycles. The highest BCUT2D eigenvalue weighted by Crippen LogP contribution is 2.70. The zero-order valence-electron chi connectivity index (χ0n) is 9.45. The van der Waals surface area contributed by atoms with E-state index >= 15 is 0 Å². The molecule has 0 radical (unpaired) electrons. The maximum atomic E-state index is 11.7. The molecule has 4 fully saturated rings. The van der Waals surface area contributed by atoms with E-state index in [0.717, 1.165) is 19.3 Å². The molecule has 2 saturated carbocycles. The number of Topliss-reactive ketones (excluding diaryl/α,β-unsaturated/α-hetero) is 1. The third kappa shape index (κ3) is 0.773. The maximum Gasteiger partial charge on any atom is 0.176 e. The van der Waals surface area contributed by atoms with Gasteiger partial charge in [0.2, 0.25) is 0 Å². The minimum absolute atomic E-state index is 0.130. The first-order valence-corrected chi connectivity index (χ1v) is 6.12. The highest BCUT2D eigenvalue weighted by atomic mass is 16.7. The van der Waals surface area contributed by atoms with Gasteiger partial charge in [-0.3, -0.25) is 4.79 Å². The van der Waals surface area contributed by atoms with Gasteiger partial charge >= 0.3 is 0 Å². The predicted octanol–water partition coefficient (Wildman–Crippen LogP) is 1.03. The molecule has 4 nitrogen and oxygen atoms in total. The van der Waals surface area contributed by atoms with Crippen molar-refractivity contribution in [2.75, 3.05) is 13.2 Å². The van der Waals surface area contributed by atoms with E-state index in [4.69, 9.17) is 14.2 Å². The van der Waals surface area contributed by atoms with Crippen molar-refractivity contribution < 1.29 is 19.0 Å². The van der Waals surface area contributed by atoms with Gasteiger partial charge in [-0.1, -0.05) is 6.92 Å². The fourth-order valence-corrected chi connectivity index (χ4v) is 4.16. The summed E-state index contributed by atoms with van der Waals surface area (Å²) in [5.41, 5.74) is -0.387. The number of hydrogen-bond acceptors (Lipinski definition) is 4. The monoisotopic (exact) mass is 224 g/mol. The molecule has 2 spiro atoms. The predicted molar refractivity (Wildman–Crippen MR) is 53.8 cm³/mol. The summed E-state index contributed by atoms with van der Waals surface area (Å²) >= 11 is 0. The lowest BCUT2D eigenvalue weighted by atomic mass is 9.66. The van der Waals surface area contributed by atoms with Crippen LogP contribution in [-0.2, 0) is 19.0 Å². The van der Waals surface area contributed by atoms with E-state index < -0.39 is 5.79 Å². The highest BCUT2D eigenvalue weighted by molar-refractivity contribution is 5.89. The number of fused-ring (bicyclic) bond motifs is 1. The molecule has 0 amide bonds. The number of epoxide rings is 1. The fraction of sp³-hybridized carbons (Fsp3) is 0.917. The van der Waals surface area contributed by atoms with Crippen LogP contribution in [0.1, 0.15) is 32.6 Å². The lowest BCUT2D eigenvalue weighted by molar-refractivity contribution is -0.229. The van der Waals surface area contributed by atoms with E-state index in [-0.39, 0.29) is 22.9 Å².